The van der Waals surface area contributed by atoms with E-state index in [4.69, 9.17) is 4.42 Å². The number of benzene rings is 8. The molecule has 0 spiro atoms. The van der Waals surface area contributed by atoms with E-state index in [1.165, 1.54) is 137 Å². The van der Waals surface area contributed by atoms with Gasteiger partial charge in [-0.2, -0.15) is 0 Å². The summed E-state index contributed by atoms with van der Waals surface area (Å²) in [6.07, 6.45) is 0. The molecule has 252 valence electrons. The first-order valence-electron chi connectivity index (χ1n) is 20.2. The van der Waals surface area contributed by atoms with Gasteiger partial charge in [0.15, 0.2) is 0 Å². The summed E-state index contributed by atoms with van der Waals surface area (Å²) in [7, 11) is 30.4. The van der Waals surface area contributed by atoms with Gasteiger partial charge in [-0.05, 0) is 78.5 Å². The third-order valence-corrected chi connectivity index (χ3v) is 14.5. The van der Waals surface area contributed by atoms with Gasteiger partial charge in [-0.3, -0.25) is 0 Å². The highest BCUT2D eigenvalue weighted by Crippen LogP contribution is 2.43. The van der Waals surface area contributed by atoms with Gasteiger partial charge >= 0.3 is 0 Å². The van der Waals surface area contributed by atoms with Crippen LogP contribution in [0.3, 0.4) is 0 Å². The van der Waals surface area contributed by atoms with Crippen LogP contribution in [0.15, 0.2) is 83.3 Å². The van der Waals surface area contributed by atoms with Crippen LogP contribution in [0, 0.1) is 0 Å². The zero-order valence-electron chi connectivity index (χ0n) is 35.4. The number of furan rings is 1. The lowest BCUT2D eigenvalue weighted by molar-refractivity contribution is 0.673. The summed E-state index contributed by atoms with van der Waals surface area (Å²) in [5.74, 6) is 0. The normalized spacial score (nSPS) is 11.8. The fraction of sp³-hybridized carbons (Fsp3) is 0. The Hall–Kier alpha value is -4.82. The van der Waals surface area contributed by atoms with Crippen molar-refractivity contribution in [3.05, 3.63) is 78.9 Å². The van der Waals surface area contributed by atoms with Crippen LogP contribution in [-0.4, -0.2) is 102 Å². The minimum absolute atomic E-state index is 0.920. The first-order valence-corrected chi connectivity index (χ1v) is 20.2. The van der Waals surface area contributed by atoms with Gasteiger partial charge in [-0.15, -0.1) is 38.2 Å². The molecule has 0 saturated heterocycles. The Morgan fingerprint density at radius 2 is 0.804 bits per heavy atom. The molecule has 0 saturated carbocycles. The number of hydrogen-bond donors (Lipinski definition) is 0. The maximum absolute atomic E-state index is 6.66. The van der Waals surface area contributed by atoms with Gasteiger partial charge in [0, 0.05) is 16.2 Å². The quantitative estimate of drug-likeness (QED) is 0.132. The number of rotatable bonds is 3. The van der Waals surface area contributed by atoms with Crippen molar-refractivity contribution in [1.82, 2.24) is 0 Å². The Morgan fingerprint density at radius 1 is 0.321 bits per heavy atom. The van der Waals surface area contributed by atoms with E-state index in [1.807, 2.05) is 0 Å². The van der Waals surface area contributed by atoms with E-state index in [-0.39, 0.29) is 0 Å². The minimum Gasteiger partial charge on any atom is -0.455 e. The van der Waals surface area contributed by atoms with E-state index in [0.29, 0.717) is 0 Å². The van der Waals surface area contributed by atoms with E-state index < -0.39 is 0 Å². The minimum atomic E-state index is 0.920. The molecule has 56 heavy (non-hydrogen) atoms. The molecule has 0 aliphatic carbocycles. The standard InChI is InChI=1S/C42H39B13O/c43-29-24-21(16-7-3-6-15(13-16)17-9-4-10-20-22(17)19-12-11-14-5-1-2-8-18(14)42(19)56-20)25-27(32(46)38(52)36(50)30(25)44)23(26(24)31(45)37(51)35(29)49)28-33(47)39(53)41(55)40(54)34(28)48/h1-13H,43-55H2. The van der Waals surface area contributed by atoms with Crippen LogP contribution in [0.2, 0.25) is 0 Å². The highest BCUT2D eigenvalue weighted by atomic mass is 16.3. The second-order valence-corrected chi connectivity index (χ2v) is 16.8. The maximum atomic E-state index is 6.66. The van der Waals surface area contributed by atoms with Crippen molar-refractivity contribution in [1.29, 1.82) is 0 Å². The summed E-state index contributed by atoms with van der Waals surface area (Å²) in [6.45, 7) is 0. The Labute approximate surface area is 342 Å². The summed E-state index contributed by atoms with van der Waals surface area (Å²) in [5, 5.41) is 10.2. The Bertz CT molecular complexity index is 3130. The van der Waals surface area contributed by atoms with Crippen LogP contribution in [0.1, 0.15) is 0 Å². The molecule has 0 unspecified atom stereocenters. The van der Waals surface area contributed by atoms with Crippen molar-refractivity contribution in [3.8, 4) is 33.4 Å². The SMILES string of the molecule is Bc1c(B)c(B)c(-c2c3c(B)c(B)c(B)c(B)c3c(-c3cccc(-c4cccc5oc6c7ccccc7ccc6c45)c3)c3c(B)c(B)c(B)c(B)c23)c(B)c1B. The molecule has 0 aliphatic rings. The van der Waals surface area contributed by atoms with E-state index >= 15 is 0 Å². The van der Waals surface area contributed by atoms with Gasteiger partial charge in [-0.1, -0.05) is 93.4 Å². The molecular formula is C42H39B13O. The zero-order chi connectivity index (χ0) is 39.6. The molecule has 9 rings (SSSR count). The topological polar surface area (TPSA) is 13.1 Å². The smallest absolute Gasteiger partial charge is 0.143 e. The zero-order valence-corrected chi connectivity index (χ0v) is 35.4. The van der Waals surface area contributed by atoms with Crippen molar-refractivity contribution in [2.75, 3.05) is 0 Å². The van der Waals surface area contributed by atoms with Crippen molar-refractivity contribution in [2.45, 2.75) is 0 Å². The van der Waals surface area contributed by atoms with Crippen LogP contribution >= 0.6 is 0 Å². The Balaban J connectivity index is 1.47. The molecule has 0 atom stereocenters. The van der Waals surface area contributed by atoms with Gasteiger partial charge in [0.1, 0.15) is 113 Å². The lowest BCUT2D eigenvalue weighted by Gasteiger charge is -2.30. The van der Waals surface area contributed by atoms with E-state index in [0.717, 1.165) is 21.9 Å². The summed E-state index contributed by atoms with van der Waals surface area (Å²) in [6, 6.07) is 28.9. The largest absolute Gasteiger partial charge is 0.455 e. The summed E-state index contributed by atoms with van der Waals surface area (Å²) < 4.78 is 6.66. The van der Waals surface area contributed by atoms with E-state index in [9.17, 15) is 0 Å². The van der Waals surface area contributed by atoms with Gasteiger partial charge in [0.2, 0.25) is 0 Å². The number of fused-ring (bicyclic) bond motifs is 7. The monoisotopic (exact) mass is 702 g/mol. The summed E-state index contributed by atoms with van der Waals surface area (Å²) in [5.41, 5.74) is 27.7. The van der Waals surface area contributed by atoms with Crippen molar-refractivity contribution in [3.63, 3.8) is 0 Å². The molecule has 0 fully saturated rings. The molecular weight excluding hydrogens is 661 g/mol. The molecule has 9 aromatic rings. The molecule has 1 aromatic heterocycles. The molecule has 0 aliphatic heterocycles. The Morgan fingerprint density at radius 3 is 1.39 bits per heavy atom. The van der Waals surface area contributed by atoms with E-state index in [1.54, 1.807) is 0 Å². The maximum Gasteiger partial charge on any atom is 0.143 e. The number of hydrogen-bond acceptors (Lipinski definition) is 1. The predicted octanol–water partition coefficient (Wildman–Crippen LogP) is -10.6. The third kappa shape index (κ3) is 5.00. The highest BCUT2D eigenvalue weighted by Gasteiger charge is 2.27. The predicted molar refractivity (Wildman–Crippen MR) is 289 cm³/mol. The molecule has 14 heteroatoms. The average Bonchev–Trinajstić information content (AvgIpc) is 3.61. The molecule has 1 heterocycles. The van der Waals surface area contributed by atoms with Crippen LogP contribution in [0.5, 0.6) is 0 Å². The molecule has 0 radical (unpaired) electrons. The first-order chi connectivity index (χ1) is 26.7. The van der Waals surface area contributed by atoms with Gasteiger partial charge in [0.05, 0.1) is 0 Å². The second-order valence-electron chi connectivity index (χ2n) is 16.8. The molecule has 0 bridgehead atoms. The van der Waals surface area contributed by atoms with Crippen molar-refractivity contribution < 1.29 is 4.42 Å². The molecule has 0 N–H and O–H groups in total. The van der Waals surface area contributed by atoms with Crippen molar-refractivity contribution in [2.24, 2.45) is 0 Å². The molecule has 0 amide bonds. The second kappa shape index (κ2) is 13.1. The summed E-state index contributed by atoms with van der Waals surface area (Å²) in [4.78, 5) is 0. The lowest BCUT2D eigenvalue weighted by Crippen LogP contribution is -2.55. The first kappa shape index (κ1) is 36.8. The fourth-order valence-corrected chi connectivity index (χ4v) is 10.2. The lowest BCUT2D eigenvalue weighted by atomic mass is 9.56. The Kier molecular flexibility index (Phi) is 8.62. The summed E-state index contributed by atoms with van der Waals surface area (Å²) >= 11 is 0. The van der Waals surface area contributed by atoms with Crippen LogP contribution in [0.25, 0.3) is 87.6 Å². The van der Waals surface area contributed by atoms with Crippen LogP contribution in [0.4, 0.5) is 0 Å². The molecule has 8 aromatic carbocycles. The van der Waals surface area contributed by atoms with Crippen LogP contribution < -0.4 is 71.0 Å². The van der Waals surface area contributed by atoms with Gasteiger partial charge < -0.3 is 4.42 Å². The van der Waals surface area contributed by atoms with Crippen molar-refractivity contribution >= 4 is 227 Å². The highest BCUT2D eigenvalue weighted by molar-refractivity contribution is 6.73. The third-order valence-electron chi connectivity index (χ3n) is 14.5. The fourth-order valence-electron chi connectivity index (χ4n) is 10.2. The molecule has 1 nitrogen and oxygen atoms in total. The van der Waals surface area contributed by atoms with Crippen LogP contribution in [-0.2, 0) is 0 Å². The van der Waals surface area contributed by atoms with Gasteiger partial charge in [-0.25, -0.2) is 0 Å². The average molecular weight is 700 g/mol. The van der Waals surface area contributed by atoms with Gasteiger partial charge in [0.25, 0.3) is 0 Å². The van der Waals surface area contributed by atoms with E-state index in [2.05, 4.69) is 181 Å².